The standard InChI is InChI=1S/C18H18F2N2O2S/c19-18(20)24-14-8-5-4-7-13(14)11-21-22-17(23)16-10-12-6-2-1-3-9-15(12)25-16/h4-5,7-8,10-11,18H,1-3,6,9H2,(H,22,23)/b21-11-. The number of para-hydroxylation sites is 1. The van der Waals surface area contributed by atoms with Gasteiger partial charge in [0, 0.05) is 10.4 Å². The number of thiophene rings is 1. The summed E-state index contributed by atoms with van der Waals surface area (Å²) in [4.78, 5) is 14.1. The summed E-state index contributed by atoms with van der Waals surface area (Å²) in [5, 5.41) is 3.87. The SMILES string of the molecule is O=C(N/N=C\c1ccccc1OC(F)F)c1cc2c(s1)CCCCC2. The van der Waals surface area contributed by atoms with Crippen LogP contribution in [0.25, 0.3) is 0 Å². The molecular weight excluding hydrogens is 346 g/mol. The molecule has 1 aliphatic rings. The highest BCUT2D eigenvalue weighted by Crippen LogP contribution is 2.28. The number of hydrogen-bond acceptors (Lipinski definition) is 4. The molecule has 1 N–H and O–H groups in total. The van der Waals surface area contributed by atoms with Crippen molar-refractivity contribution in [3.8, 4) is 5.75 Å². The van der Waals surface area contributed by atoms with Gasteiger partial charge in [0.25, 0.3) is 5.91 Å². The minimum absolute atomic E-state index is 0.0123. The van der Waals surface area contributed by atoms with Crippen LogP contribution in [0, 0.1) is 0 Å². The van der Waals surface area contributed by atoms with Crippen LogP contribution in [0.5, 0.6) is 5.75 Å². The average molecular weight is 364 g/mol. The van der Waals surface area contributed by atoms with E-state index in [0.29, 0.717) is 10.4 Å². The number of halogens is 2. The van der Waals surface area contributed by atoms with Crippen molar-refractivity contribution in [1.29, 1.82) is 0 Å². The Morgan fingerprint density at radius 1 is 1.24 bits per heavy atom. The molecule has 1 heterocycles. The molecule has 0 bridgehead atoms. The molecule has 0 radical (unpaired) electrons. The summed E-state index contributed by atoms with van der Waals surface area (Å²) >= 11 is 1.50. The summed E-state index contributed by atoms with van der Waals surface area (Å²) < 4.78 is 29.2. The molecule has 2 aromatic rings. The van der Waals surface area contributed by atoms with Gasteiger partial charge in [0.1, 0.15) is 5.75 Å². The van der Waals surface area contributed by atoms with Crippen molar-refractivity contribution in [3.05, 3.63) is 51.2 Å². The molecule has 0 fully saturated rings. The summed E-state index contributed by atoms with van der Waals surface area (Å²) in [5.41, 5.74) is 4.07. The predicted octanol–water partition coefficient (Wildman–Crippen LogP) is 4.38. The summed E-state index contributed by atoms with van der Waals surface area (Å²) in [6.45, 7) is -2.91. The van der Waals surface area contributed by atoms with Gasteiger partial charge in [-0.2, -0.15) is 13.9 Å². The molecule has 4 nitrogen and oxygen atoms in total. The molecule has 7 heteroatoms. The van der Waals surface area contributed by atoms with Crippen molar-refractivity contribution in [2.24, 2.45) is 5.10 Å². The smallest absolute Gasteiger partial charge is 0.387 e. The summed E-state index contributed by atoms with van der Waals surface area (Å²) in [5.74, 6) is -0.278. The lowest BCUT2D eigenvalue weighted by Crippen LogP contribution is -2.16. The van der Waals surface area contributed by atoms with E-state index in [-0.39, 0.29) is 11.7 Å². The van der Waals surface area contributed by atoms with E-state index in [4.69, 9.17) is 0 Å². The minimum Gasteiger partial charge on any atom is -0.434 e. The van der Waals surface area contributed by atoms with Crippen LogP contribution < -0.4 is 10.2 Å². The van der Waals surface area contributed by atoms with Crippen LogP contribution in [0.15, 0.2) is 35.4 Å². The van der Waals surface area contributed by atoms with Crippen molar-refractivity contribution < 1.29 is 18.3 Å². The van der Waals surface area contributed by atoms with Gasteiger partial charge in [-0.3, -0.25) is 4.79 Å². The number of hydrazone groups is 1. The number of amides is 1. The zero-order chi connectivity index (χ0) is 17.6. The van der Waals surface area contributed by atoms with E-state index in [1.54, 1.807) is 18.2 Å². The van der Waals surface area contributed by atoms with E-state index < -0.39 is 6.61 Å². The Hall–Kier alpha value is -2.28. The van der Waals surface area contributed by atoms with E-state index in [2.05, 4.69) is 15.3 Å². The normalized spacial score (nSPS) is 14.4. The van der Waals surface area contributed by atoms with Crippen molar-refractivity contribution in [3.63, 3.8) is 0 Å². The number of ether oxygens (including phenoxy) is 1. The molecule has 0 saturated carbocycles. The van der Waals surface area contributed by atoms with Crippen LogP contribution in [0.3, 0.4) is 0 Å². The van der Waals surface area contributed by atoms with Crippen molar-refractivity contribution in [2.45, 2.75) is 38.7 Å². The van der Waals surface area contributed by atoms with E-state index in [0.717, 1.165) is 25.7 Å². The lowest BCUT2D eigenvalue weighted by atomic mass is 10.1. The molecule has 1 aromatic carbocycles. The zero-order valence-electron chi connectivity index (χ0n) is 13.5. The molecule has 0 atom stereocenters. The lowest BCUT2D eigenvalue weighted by Gasteiger charge is -2.06. The van der Waals surface area contributed by atoms with Gasteiger partial charge in [-0.25, -0.2) is 5.43 Å². The van der Waals surface area contributed by atoms with Crippen molar-refractivity contribution >= 4 is 23.5 Å². The number of benzene rings is 1. The summed E-state index contributed by atoms with van der Waals surface area (Å²) in [6, 6.07) is 8.21. The minimum atomic E-state index is -2.91. The quantitative estimate of drug-likeness (QED) is 0.486. The van der Waals surface area contributed by atoms with Gasteiger partial charge in [-0.05, 0) is 49.4 Å². The number of fused-ring (bicyclic) bond motifs is 1. The second kappa shape index (κ2) is 8.20. The number of rotatable bonds is 5. The van der Waals surface area contributed by atoms with Gasteiger partial charge in [0.2, 0.25) is 0 Å². The Morgan fingerprint density at radius 2 is 2.04 bits per heavy atom. The lowest BCUT2D eigenvalue weighted by molar-refractivity contribution is -0.0499. The fraction of sp³-hybridized carbons (Fsp3) is 0.333. The van der Waals surface area contributed by atoms with Crippen molar-refractivity contribution in [1.82, 2.24) is 5.43 Å². The van der Waals surface area contributed by atoms with Crippen LogP contribution in [0.4, 0.5) is 8.78 Å². The van der Waals surface area contributed by atoms with Gasteiger partial charge in [-0.1, -0.05) is 18.6 Å². The maximum atomic E-state index is 12.4. The van der Waals surface area contributed by atoms with Gasteiger partial charge in [0.05, 0.1) is 11.1 Å². The van der Waals surface area contributed by atoms with E-state index in [1.807, 2.05) is 6.07 Å². The largest absolute Gasteiger partial charge is 0.434 e. The highest BCUT2D eigenvalue weighted by atomic mass is 32.1. The first-order valence-corrected chi connectivity index (χ1v) is 8.94. The number of alkyl halides is 2. The monoisotopic (exact) mass is 364 g/mol. The number of nitrogens with zero attached hydrogens (tertiary/aromatic N) is 1. The Labute approximate surface area is 148 Å². The molecule has 0 aliphatic heterocycles. The molecule has 25 heavy (non-hydrogen) atoms. The summed E-state index contributed by atoms with van der Waals surface area (Å²) in [6.07, 6.45) is 6.88. The van der Waals surface area contributed by atoms with E-state index >= 15 is 0 Å². The number of nitrogens with one attached hydrogen (secondary N) is 1. The van der Waals surface area contributed by atoms with E-state index in [1.165, 1.54) is 40.5 Å². The topological polar surface area (TPSA) is 50.7 Å². The molecule has 0 spiro atoms. The molecular formula is C18H18F2N2O2S. The molecule has 1 aliphatic carbocycles. The highest BCUT2D eigenvalue weighted by molar-refractivity contribution is 7.14. The fourth-order valence-electron chi connectivity index (χ4n) is 2.79. The van der Waals surface area contributed by atoms with Crippen LogP contribution in [0.1, 0.15) is 44.9 Å². The second-order valence-electron chi connectivity index (χ2n) is 5.74. The van der Waals surface area contributed by atoms with Gasteiger partial charge >= 0.3 is 6.61 Å². The first-order valence-electron chi connectivity index (χ1n) is 8.12. The molecule has 1 aromatic heterocycles. The highest BCUT2D eigenvalue weighted by Gasteiger charge is 2.16. The molecule has 0 saturated heterocycles. The van der Waals surface area contributed by atoms with E-state index in [9.17, 15) is 13.6 Å². The third-order valence-electron chi connectivity index (χ3n) is 3.98. The predicted molar refractivity (Wildman–Crippen MR) is 93.7 cm³/mol. The van der Waals surface area contributed by atoms with Crippen molar-refractivity contribution in [2.75, 3.05) is 0 Å². The maximum Gasteiger partial charge on any atom is 0.387 e. The van der Waals surface area contributed by atoms with Crippen LogP contribution in [-0.4, -0.2) is 18.7 Å². The first kappa shape index (κ1) is 17.5. The van der Waals surface area contributed by atoms with Gasteiger partial charge < -0.3 is 4.74 Å². The fourth-order valence-corrected chi connectivity index (χ4v) is 3.93. The first-order chi connectivity index (χ1) is 12.1. The molecule has 0 unspecified atom stereocenters. The molecule has 1 amide bonds. The Bertz CT molecular complexity index is 751. The Morgan fingerprint density at radius 3 is 2.88 bits per heavy atom. The average Bonchev–Trinajstić information content (AvgIpc) is 2.87. The zero-order valence-corrected chi connectivity index (χ0v) is 14.3. The third-order valence-corrected chi connectivity index (χ3v) is 5.21. The van der Waals surface area contributed by atoms with Crippen LogP contribution in [0.2, 0.25) is 0 Å². The number of aryl methyl sites for hydroxylation is 2. The van der Waals surface area contributed by atoms with Crippen LogP contribution in [-0.2, 0) is 12.8 Å². The number of hydrogen-bond donors (Lipinski definition) is 1. The van der Waals surface area contributed by atoms with Gasteiger partial charge in [-0.15, -0.1) is 11.3 Å². The van der Waals surface area contributed by atoms with Crippen LogP contribution >= 0.6 is 11.3 Å². The Balaban J connectivity index is 1.65. The second-order valence-corrected chi connectivity index (χ2v) is 6.87. The third kappa shape index (κ3) is 4.63. The van der Waals surface area contributed by atoms with Gasteiger partial charge in [0.15, 0.2) is 0 Å². The number of carbonyl (C=O) groups excluding carboxylic acids is 1. The Kier molecular flexibility index (Phi) is 5.75. The number of carbonyl (C=O) groups is 1. The maximum absolute atomic E-state index is 12.4. The summed E-state index contributed by atoms with van der Waals surface area (Å²) in [7, 11) is 0. The molecule has 3 rings (SSSR count). The molecule has 132 valence electrons.